The monoisotopic (exact) mass is 789 g/mol. The van der Waals surface area contributed by atoms with Crippen LogP contribution in [0, 0.1) is 17.5 Å². The molecular formula is C36H39F8N5O6. The highest BCUT2D eigenvalue weighted by atomic mass is 19.4. The van der Waals surface area contributed by atoms with E-state index in [2.05, 4.69) is 20.4 Å². The van der Waals surface area contributed by atoms with E-state index >= 15 is 4.39 Å². The summed E-state index contributed by atoms with van der Waals surface area (Å²) in [6, 6.07) is 8.33. The third kappa shape index (κ3) is 13.6. The van der Waals surface area contributed by atoms with E-state index in [1.54, 1.807) is 5.32 Å². The number of rotatable bonds is 16. The molecule has 2 heterocycles. The van der Waals surface area contributed by atoms with Crippen LogP contribution in [0.3, 0.4) is 0 Å². The van der Waals surface area contributed by atoms with E-state index in [4.69, 9.17) is 9.47 Å². The van der Waals surface area contributed by atoms with Crippen LogP contribution in [0.15, 0.2) is 54.9 Å². The molecule has 1 aliphatic heterocycles. The zero-order chi connectivity index (χ0) is 40.2. The molecule has 3 N–H and O–H groups in total. The lowest BCUT2D eigenvalue weighted by Crippen LogP contribution is -2.49. The zero-order valence-corrected chi connectivity index (χ0v) is 29.5. The second kappa shape index (κ2) is 19.5. The molecule has 2 aromatic carbocycles. The molecule has 0 aliphatic carbocycles. The van der Waals surface area contributed by atoms with Crippen molar-refractivity contribution in [3.8, 4) is 0 Å². The molecule has 0 saturated carbocycles. The van der Waals surface area contributed by atoms with Crippen LogP contribution in [0.5, 0.6) is 0 Å². The average molecular weight is 790 g/mol. The molecule has 11 nitrogen and oxygen atoms in total. The second-order valence-corrected chi connectivity index (χ2v) is 12.6. The van der Waals surface area contributed by atoms with Gasteiger partial charge in [-0.3, -0.25) is 14.7 Å². The molecule has 55 heavy (non-hydrogen) atoms. The van der Waals surface area contributed by atoms with E-state index in [0.717, 1.165) is 29.4 Å². The van der Waals surface area contributed by atoms with Gasteiger partial charge >= 0.3 is 18.4 Å². The molecule has 300 valence electrons. The Bertz CT molecular complexity index is 1760. The van der Waals surface area contributed by atoms with E-state index in [1.165, 1.54) is 37.3 Å². The SMILES string of the molecule is CCCC(F)(F)COC(=O)NCC(=O)N(c1cc(F)ccc1Cc1ccc(F)cc1)c1cncc(F)c1CCC1CNC(COC(=O)NCC(F)(F)F)CO1. The number of hydrogen-bond acceptors (Lipinski definition) is 8. The maximum atomic E-state index is 15.6. The molecule has 0 bridgehead atoms. The van der Waals surface area contributed by atoms with Crippen molar-refractivity contribution in [1.82, 2.24) is 20.9 Å². The van der Waals surface area contributed by atoms with Gasteiger partial charge in [0.15, 0.2) is 6.61 Å². The smallest absolute Gasteiger partial charge is 0.407 e. The van der Waals surface area contributed by atoms with Crippen molar-refractivity contribution in [2.45, 2.75) is 63.3 Å². The predicted octanol–water partition coefficient (Wildman–Crippen LogP) is 6.49. The number of amides is 3. The van der Waals surface area contributed by atoms with Gasteiger partial charge < -0.3 is 30.2 Å². The van der Waals surface area contributed by atoms with Gasteiger partial charge in [-0.05, 0) is 54.7 Å². The van der Waals surface area contributed by atoms with Crippen LogP contribution in [-0.4, -0.2) is 86.8 Å². The first-order valence-corrected chi connectivity index (χ1v) is 17.1. The van der Waals surface area contributed by atoms with Gasteiger partial charge in [-0.15, -0.1) is 0 Å². The van der Waals surface area contributed by atoms with Gasteiger partial charge in [0, 0.05) is 18.5 Å². The summed E-state index contributed by atoms with van der Waals surface area (Å²) in [4.78, 5) is 42.7. The van der Waals surface area contributed by atoms with Crippen molar-refractivity contribution >= 4 is 29.5 Å². The lowest BCUT2D eigenvalue weighted by Gasteiger charge is -2.31. The minimum atomic E-state index is -4.61. The molecule has 1 saturated heterocycles. The van der Waals surface area contributed by atoms with Gasteiger partial charge in [-0.25, -0.2) is 31.5 Å². The predicted molar refractivity (Wildman–Crippen MR) is 181 cm³/mol. The summed E-state index contributed by atoms with van der Waals surface area (Å²) in [5.41, 5.74) is 0.628. The Morgan fingerprint density at radius 2 is 1.65 bits per heavy atom. The Morgan fingerprint density at radius 3 is 2.33 bits per heavy atom. The maximum absolute atomic E-state index is 15.6. The molecule has 2 unspecified atom stereocenters. The lowest BCUT2D eigenvalue weighted by atomic mass is 10.00. The molecule has 3 amide bonds. The van der Waals surface area contributed by atoms with Gasteiger partial charge in [0.2, 0.25) is 0 Å². The molecule has 0 radical (unpaired) electrons. The highest BCUT2D eigenvalue weighted by Crippen LogP contribution is 2.35. The molecule has 3 aromatic rings. The molecule has 1 aliphatic rings. The molecule has 1 fully saturated rings. The number of benzene rings is 2. The summed E-state index contributed by atoms with van der Waals surface area (Å²) in [5.74, 6) is -6.39. The Labute approximate surface area is 310 Å². The molecule has 0 spiro atoms. The molecule has 2 atom stereocenters. The van der Waals surface area contributed by atoms with Crippen molar-refractivity contribution in [2.75, 3.05) is 44.4 Å². The third-order valence-electron chi connectivity index (χ3n) is 8.22. The Hall–Kier alpha value is -5.04. The van der Waals surface area contributed by atoms with Crippen molar-refractivity contribution in [3.63, 3.8) is 0 Å². The number of nitrogens with one attached hydrogen (secondary N) is 3. The van der Waals surface area contributed by atoms with E-state index in [1.807, 2.05) is 0 Å². The minimum Gasteiger partial charge on any atom is -0.448 e. The van der Waals surface area contributed by atoms with E-state index in [-0.39, 0.29) is 62.4 Å². The highest BCUT2D eigenvalue weighted by molar-refractivity contribution is 6.03. The number of hydrogen-bond donors (Lipinski definition) is 3. The van der Waals surface area contributed by atoms with Crippen LogP contribution in [0.25, 0.3) is 0 Å². The van der Waals surface area contributed by atoms with Crippen LogP contribution >= 0.6 is 0 Å². The molecule has 4 rings (SSSR count). The number of morpholine rings is 1. The van der Waals surface area contributed by atoms with Gasteiger partial charge in [-0.2, -0.15) is 13.2 Å². The summed E-state index contributed by atoms with van der Waals surface area (Å²) >= 11 is 0. The number of pyridine rings is 1. The number of nitrogens with zero attached hydrogens (tertiary/aromatic N) is 2. The highest BCUT2D eigenvalue weighted by Gasteiger charge is 2.32. The number of anilines is 2. The first-order valence-electron chi connectivity index (χ1n) is 17.1. The average Bonchev–Trinajstić information content (AvgIpc) is 3.13. The summed E-state index contributed by atoms with van der Waals surface area (Å²) < 4.78 is 124. The van der Waals surface area contributed by atoms with Crippen LogP contribution < -0.4 is 20.9 Å². The maximum Gasteiger partial charge on any atom is 0.407 e. The number of alkyl halides is 5. The number of halogens is 8. The summed E-state index contributed by atoms with van der Waals surface area (Å²) in [6.45, 7) is -2.28. The first kappa shape index (κ1) is 42.7. The van der Waals surface area contributed by atoms with Crippen molar-refractivity contribution in [1.29, 1.82) is 0 Å². The van der Waals surface area contributed by atoms with E-state index < -0.39 is 85.9 Å². The first-order chi connectivity index (χ1) is 26.0. The fourth-order valence-corrected chi connectivity index (χ4v) is 5.56. The number of aromatic nitrogens is 1. The van der Waals surface area contributed by atoms with Gasteiger partial charge in [0.25, 0.3) is 11.8 Å². The summed E-state index contributed by atoms with van der Waals surface area (Å²) in [5, 5.41) is 6.73. The number of carbonyl (C=O) groups excluding carboxylic acids is 3. The standard InChI is InChI=1S/C36H39F8N5O6/c1-2-11-35(40,41)21-55-33(51)47-17-32(50)49(30-13-25(38)8-5-23(30)12-22-3-6-24(37)7-4-22)31-16-45-15-29(39)28(31)10-9-27-14-46-26(18-53-27)19-54-34(52)48-20-36(42,43)44/h3-8,13,15-16,26-27,46H,2,9-12,14,17-21H2,1H3,(H,47,51)(H,48,52). The van der Waals surface area contributed by atoms with Crippen molar-refractivity contribution in [3.05, 3.63) is 89.0 Å². The number of ether oxygens (including phenoxy) is 3. The Kier molecular flexibility index (Phi) is 15.2. The number of carbonyl (C=O) groups is 3. The molecular weight excluding hydrogens is 750 g/mol. The Balaban J connectivity index is 1.54. The zero-order valence-electron chi connectivity index (χ0n) is 29.5. The van der Waals surface area contributed by atoms with Crippen LogP contribution in [-0.2, 0) is 31.8 Å². The quantitative estimate of drug-likeness (QED) is 0.141. The third-order valence-corrected chi connectivity index (χ3v) is 8.22. The van der Waals surface area contributed by atoms with Crippen LogP contribution in [0.1, 0.15) is 42.9 Å². The van der Waals surface area contributed by atoms with Crippen LogP contribution in [0.4, 0.5) is 56.1 Å². The van der Waals surface area contributed by atoms with E-state index in [0.29, 0.717) is 11.1 Å². The van der Waals surface area contributed by atoms with E-state index in [9.17, 15) is 45.1 Å². The normalized spacial score (nSPS) is 15.9. The summed E-state index contributed by atoms with van der Waals surface area (Å²) in [6.07, 6.45) is -6.00. The second-order valence-electron chi connectivity index (χ2n) is 12.6. The Morgan fingerprint density at radius 1 is 0.945 bits per heavy atom. The number of alkyl carbamates (subject to hydrolysis) is 2. The molecule has 1 aromatic heterocycles. The van der Waals surface area contributed by atoms with Gasteiger partial charge in [0.1, 0.15) is 37.1 Å². The van der Waals surface area contributed by atoms with Gasteiger partial charge in [0.05, 0.1) is 42.5 Å². The summed E-state index contributed by atoms with van der Waals surface area (Å²) in [7, 11) is 0. The lowest BCUT2D eigenvalue weighted by molar-refractivity contribution is -0.124. The van der Waals surface area contributed by atoms with Crippen molar-refractivity contribution < 1.29 is 63.7 Å². The van der Waals surface area contributed by atoms with Gasteiger partial charge in [-0.1, -0.05) is 31.5 Å². The van der Waals surface area contributed by atoms with Crippen molar-refractivity contribution in [2.24, 2.45) is 0 Å². The fraction of sp³-hybridized carbons (Fsp3) is 0.444. The van der Waals surface area contributed by atoms with Crippen LogP contribution in [0.2, 0.25) is 0 Å². The largest absolute Gasteiger partial charge is 0.448 e. The minimum absolute atomic E-state index is 0.0182. The topological polar surface area (TPSA) is 131 Å². The fourth-order valence-electron chi connectivity index (χ4n) is 5.56. The molecule has 19 heteroatoms.